The van der Waals surface area contributed by atoms with Gasteiger partial charge in [-0.3, -0.25) is 9.59 Å². The second kappa shape index (κ2) is 2.23. The van der Waals surface area contributed by atoms with E-state index in [0.29, 0.717) is 5.01 Å². The fourth-order valence-electron chi connectivity index (χ4n) is 0.517. The number of quaternary nitrogens is 1. The molecule has 0 aromatic carbocycles. The van der Waals surface area contributed by atoms with Gasteiger partial charge in [-0.15, -0.1) is 5.01 Å². The Morgan fingerprint density at radius 3 is 1.50 bits per heavy atom. The number of rotatable bonds is 0. The minimum Gasteiger partial charge on any atom is -0.262 e. The summed E-state index contributed by atoms with van der Waals surface area (Å²) in [5, 5.41) is 0.0910. The molecule has 1 aliphatic rings. The third-order valence-corrected chi connectivity index (χ3v) is 1.86. The Labute approximate surface area is 66.1 Å². The molecule has 0 unspecified atom stereocenters. The molecule has 0 fully saturated rings. The van der Waals surface area contributed by atoms with Gasteiger partial charge in [-0.2, -0.15) is 0 Å². The van der Waals surface area contributed by atoms with Crippen molar-refractivity contribution in [2.45, 2.75) is 0 Å². The largest absolute Gasteiger partial charge is 0.320 e. The Morgan fingerprint density at radius 2 is 1.40 bits per heavy atom. The van der Waals surface area contributed by atoms with Crippen LogP contribution in [0.1, 0.15) is 0 Å². The van der Waals surface area contributed by atoms with Gasteiger partial charge in [0.1, 0.15) is 10.1 Å². The van der Waals surface area contributed by atoms with Crippen LogP contribution in [0.3, 0.4) is 0 Å². The standard InChI is InChI=1S/C4H2Cl2N2O2/c5-1-2(6)4(10)8(7)3(1)9/h7H2/p+1. The number of carbonyl (C=O) groups excluding carboxylic acids is 2. The molecule has 54 valence electrons. The van der Waals surface area contributed by atoms with Crippen LogP contribution in [0, 0.1) is 0 Å². The number of hydrogen-bond acceptors (Lipinski definition) is 2. The highest BCUT2D eigenvalue weighted by molar-refractivity contribution is 6.57. The summed E-state index contributed by atoms with van der Waals surface area (Å²) in [6.45, 7) is 0. The summed E-state index contributed by atoms with van der Waals surface area (Å²) < 4.78 is 0. The van der Waals surface area contributed by atoms with Gasteiger partial charge < -0.3 is 0 Å². The van der Waals surface area contributed by atoms with Crippen LogP contribution in [0.25, 0.3) is 0 Å². The highest BCUT2D eigenvalue weighted by atomic mass is 35.5. The highest BCUT2D eigenvalue weighted by Crippen LogP contribution is 2.23. The van der Waals surface area contributed by atoms with Gasteiger partial charge in [-0.25, -0.2) is 5.84 Å². The zero-order chi connectivity index (χ0) is 7.89. The van der Waals surface area contributed by atoms with E-state index in [1.54, 1.807) is 0 Å². The van der Waals surface area contributed by atoms with Gasteiger partial charge in [0.15, 0.2) is 0 Å². The normalized spacial score (nSPS) is 19.3. The molecule has 3 N–H and O–H groups in total. The topological polar surface area (TPSA) is 65.0 Å². The van der Waals surface area contributed by atoms with Crippen molar-refractivity contribution in [1.82, 2.24) is 5.01 Å². The molecule has 0 spiro atoms. The second-order valence-corrected chi connectivity index (χ2v) is 2.42. The van der Waals surface area contributed by atoms with Crippen molar-refractivity contribution in [1.29, 1.82) is 0 Å². The molecule has 0 atom stereocenters. The smallest absolute Gasteiger partial charge is 0.262 e. The Kier molecular flexibility index (Phi) is 1.68. The maximum absolute atomic E-state index is 10.7. The van der Waals surface area contributed by atoms with Crippen LogP contribution in [0.2, 0.25) is 0 Å². The molecule has 0 bridgehead atoms. The minimum atomic E-state index is -0.656. The molecule has 1 heterocycles. The number of halogens is 2. The van der Waals surface area contributed by atoms with E-state index in [1.165, 1.54) is 0 Å². The number of hydrogen-bond donors (Lipinski definition) is 1. The summed E-state index contributed by atoms with van der Waals surface area (Å²) in [6.07, 6.45) is 0. The van der Waals surface area contributed by atoms with E-state index in [-0.39, 0.29) is 10.1 Å². The molecule has 1 aliphatic heterocycles. The predicted molar refractivity (Wildman–Crippen MR) is 33.5 cm³/mol. The fraction of sp³-hybridized carbons (Fsp3) is 0. The predicted octanol–water partition coefficient (Wildman–Crippen LogP) is -0.799. The zero-order valence-corrected chi connectivity index (χ0v) is 6.24. The number of amides is 2. The Morgan fingerprint density at radius 1 is 1.10 bits per heavy atom. The summed E-state index contributed by atoms with van der Waals surface area (Å²) in [7, 11) is 0. The molecule has 0 saturated heterocycles. The van der Waals surface area contributed by atoms with Crippen LogP contribution in [0.4, 0.5) is 0 Å². The van der Waals surface area contributed by atoms with E-state index in [4.69, 9.17) is 23.2 Å². The van der Waals surface area contributed by atoms with Gasteiger partial charge in [0.2, 0.25) is 0 Å². The highest BCUT2D eigenvalue weighted by Gasteiger charge is 2.37. The average molecular weight is 182 g/mol. The molecular formula is C4H3Cl2N2O2+. The van der Waals surface area contributed by atoms with Crippen molar-refractivity contribution >= 4 is 35.0 Å². The first kappa shape index (κ1) is 7.53. The van der Waals surface area contributed by atoms with Crippen LogP contribution in [0.15, 0.2) is 10.1 Å². The van der Waals surface area contributed by atoms with E-state index in [9.17, 15) is 9.59 Å². The van der Waals surface area contributed by atoms with Crippen molar-refractivity contribution in [2.75, 3.05) is 0 Å². The zero-order valence-electron chi connectivity index (χ0n) is 4.73. The van der Waals surface area contributed by atoms with Gasteiger partial charge in [0, 0.05) is 0 Å². The summed E-state index contributed by atoms with van der Waals surface area (Å²) in [5.74, 6) is 1.81. The summed E-state index contributed by atoms with van der Waals surface area (Å²) in [5.41, 5.74) is 0. The molecule has 0 aliphatic carbocycles. The molecule has 4 nitrogen and oxygen atoms in total. The lowest BCUT2D eigenvalue weighted by molar-refractivity contribution is -0.525. The van der Waals surface area contributed by atoms with E-state index < -0.39 is 11.8 Å². The third kappa shape index (κ3) is 0.811. The Hall–Kier alpha value is -0.580. The van der Waals surface area contributed by atoms with E-state index >= 15 is 0 Å². The van der Waals surface area contributed by atoms with Gasteiger partial charge in [0.05, 0.1) is 0 Å². The maximum Gasteiger partial charge on any atom is 0.320 e. The van der Waals surface area contributed by atoms with Crippen LogP contribution < -0.4 is 5.84 Å². The van der Waals surface area contributed by atoms with Crippen molar-refractivity contribution in [3.05, 3.63) is 10.1 Å². The van der Waals surface area contributed by atoms with Gasteiger partial charge in [-0.05, 0) is 0 Å². The SMILES string of the molecule is [NH3+]N1C(=O)C(Cl)=C(Cl)C1=O. The lowest BCUT2D eigenvalue weighted by atomic mass is 10.5. The van der Waals surface area contributed by atoms with E-state index in [1.807, 2.05) is 0 Å². The second-order valence-electron chi connectivity index (χ2n) is 1.67. The average Bonchev–Trinajstić information content (AvgIpc) is 2.07. The Balaban J connectivity index is 3.11. The summed E-state index contributed by atoms with van der Waals surface area (Å²) >= 11 is 10.6. The monoisotopic (exact) mass is 181 g/mol. The lowest BCUT2D eigenvalue weighted by Crippen LogP contribution is -2.70. The third-order valence-electron chi connectivity index (χ3n) is 1.06. The number of nitrogens with zero attached hydrogens (tertiary/aromatic N) is 1. The van der Waals surface area contributed by atoms with E-state index in [0.717, 1.165) is 0 Å². The summed E-state index contributed by atoms with van der Waals surface area (Å²) in [4.78, 5) is 21.4. The molecule has 0 radical (unpaired) electrons. The van der Waals surface area contributed by atoms with Gasteiger partial charge >= 0.3 is 11.8 Å². The molecule has 1 rings (SSSR count). The van der Waals surface area contributed by atoms with Gasteiger partial charge in [-0.1, -0.05) is 23.2 Å². The first-order valence-electron chi connectivity index (χ1n) is 2.30. The van der Waals surface area contributed by atoms with E-state index in [2.05, 4.69) is 5.84 Å². The van der Waals surface area contributed by atoms with Crippen LogP contribution >= 0.6 is 23.2 Å². The molecule has 0 aromatic rings. The van der Waals surface area contributed by atoms with Crippen molar-refractivity contribution in [3.8, 4) is 0 Å². The maximum atomic E-state index is 10.7. The molecular weight excluding hydrogens is 179 g/mol. The number of imide groups is 1. The molecule has 2 amide bonds. The van der Waals surface area contributed by atoms with Crippen molar-refractivity contribution in [2.24, 2.45) is 0 Å². The Bertz CT molecular complexity index is 224. The first-order chi connectivity index (χ1) is 4.55. The lowest BCUT2D eigenvalue weighted by Gasteiger charge is -1.97. The molecule has 0 aromatic heterocycles. The molecule has 6 heteroatoms. The molecule has 10 heavy (non-hydrogen) atoms. The first-order valence-corrected chi connectivity index (χ1v) is 3.06. The van der Waals surface area contributed by atoms with Crippen LogP contribution in [0.5, 0.6) is 0 Å². The number of carbonyl (C=O) groups is 2. The summed E-state index contributed by atoms with van der Waals surface area (Å²) in [6, 6.07) is 0. The fourth-order valence-corrected chi connectivity index (χ4v) is 0.883. The van der Waals surface area contributed by atoms with Crippen LogP contribution in [-0.2, 0) is 9.59 Å². The van der Waals surface area contributed by atoms with Crippen LogP contribution in [-0.4, -0.2) is 16.8 Å². The van der Waals surface area contributed by atoms with Gasteiger partial charge in [0.25, 0.3) is 0 Å². The quantitative estimate of drug-likeness (QED) is 0.498. The molecule has 0 saturated carbocycles. The van der Waals surface area contributed by atoms with Crippen molar-refractivity contribution in [3.63, 3.8) is 0 Å². The van der Waals surface area contributed by atoms with Crippen molar-refractivity contribution < 1.29 is 15.4 Å². The minimum absolute atomic E-state index is 0.262.